The van der Waals surface area contributed by atoms with Crippen LogP contribution in [0.15, 0.2) is 24.3 Å². The van der Waals surface area contributed by atoms with Gasteiger partial charge in [-0.15, -0.1) is 0 Å². The van der Waals surface area contributed by atoms with E-state index in [9.17, 15) is 0 Å². The second-order valence-electron chi connectivity index (χ2n) is 5.63. The largest absolute Gasteiger partial charge is 0.381 e. The number of hydrogen-bond donors (Lipinski definition) is 1. The summed E-state index contributed by atoms with van der Waals surface area (Å²) in [6.07, 6.45) is 5.07. The molecule has 1 saturated carbocycles. The number of hydrogen-bond acceptors (Lipinski definition) is 3. The van der Waals surface area contributed by atoms with Crippen LogP contribution in [0.5, 0.6) is 0 Å². The topological polar surface area (TPSA) is 30.5 Å². The highest BCUT2D eigenvalue weighted by molar-refractivity contribution is 6.30. The third-order valence-electron chi connectivity index (χ3n) is 4.07. The average Bonchev–Trinajstić information content (AvgIpc) is 2.51. The molecule has 21 heavy (non-hydrogen) atoms. The standard InChI is InChI=1S/C17H26ClNO2/c1-3-19-12-17(13-6-4-7-14(18)10-13)21-16-9-5-8-15(11-16)20-2/h4,6-7,10,15-17,19H,3,5,8-9,11-12H2,1-2H3. The van der Waals surface area contributed by atoms with Crippen molar-refractivity contribution in [3.05, 3.63) is 34.9 Å². The lowest BCUT2D eigenvalue weighted by Crippen LogP contribution is -2.32. The summed E-state index contributed by atoms with van der Waals surface area (Å²) in [5.41, 5.74) is 1.14. The number of rotatable bonds is 7. The van der Waals surface area contributed by atoms with Crippen LogP contribution >= 0.6 is 11.6 Å². The zero-order valence-electron chi connectivity index (χ0n) is 13.0. The van der Waals surface area contributed by atoms with Gasteiger partial charge in [0.2, 0.25) is 0 Å². The Morgan fingerprint density at radius 1 is 1.33 bits per heavy atom. The molecule has 3 nitrogen and oxygen atoms in total. The van der Waals surface area contributed by atoms with Crippen LogP contribution < -0.4 is 5.32 Å². The minimum absolute atomic E-state index is 0.0456. The van der Waals surface area contributed by atoms with Crippen LogP contribution in [-0.2, 0) is 9.47 Å². The van der Waals surface area contributed by atoms with Gasteiger partial charge in [0, 0.05) is 18.7 Å². The first-order valence-corrected chi connectivity index (χ1v) is 8.25. The van der Waals surface area contributed by atoms with Crippen LogP contribution in [0.4, 0.5) is 0 Å². The van der Waals surface area contributed by atoms with Gasteiger partial charge in [-0.05, 0) is 49.9 Å². The lowest BCUT2D eigenvalue weighted by atomic mass is 9.94. The molecule has 118 valence electrons. The molecule has 2 rings (SSSR count). The maximum absolute atomic E-state index is 6.37. The molecule has 1 aliphatic carbocycles. The highest BCUT2D eigenvalue weighted by atomic mass is 35.5. The van der Waals surface area contributed by atoms with E-state index < -0.39 is 0 Å². The predicted molar refractivity (Wildman–Crippen MR) is 86.9 cm³/mol. The van der Waals surface area contributed by atoms with Crippen molar-refractivity contribution in [2.45, 2.75) is 50.9 Å². The SMILES string of the molecule is CCNCC(OC1CCCC(OC)C1)c1cccc(Cl)c1. The molecule has 0 saturated heterocycles. The number of methoxy groups -OCH3 is 1. The van der Waals surface area contributed by atoms with Crippen LogP contribution in [0, 0.1) is 0 Å². The number of ether oxygens (including phenoxy) is 2. The van der Waals surface area contributed by atoms with Crippen LogP contribution in [0.1, 0.15) is 44.3 Å². The van der Waals surface area contributed by atoms with Gasteiger partial charge in [-0.3, -0.25) is 0 Å². The third-order valence-corrected chi connectivity index (χ3v) is 4.30. The molecule has 0 spiro atoms. The smallest absolute Gasteiger partial charge is 0.0953 e. The van der Waals surface area contributed by atoms with Crippen LogP contribution in [-0.4, -0.2) is 32.4 Å². The normalized spacial score (nSPS) is 24.0. The van der Waals surface area contributed by atoms with Gasteiger partial charge in [0.05, 0.1) is 18.3 Å². The Morgan fingerprint density at radius 2 is 2.14 bits per heavy atom. The summed E-state index contributed by atoms with van der Waals surface area (Å²) in [6, 6.07) is 7.97. The van der Waals surface area contributed by atoms with Crippen LogP contribution in [0.3, 0.4) is 0 Å². The molecule has 1 aromatic rings. The van der Waals surface area contributed by atoms with Crippen LogP contribution in [0.2, 0.25) is 5.02 Å². The molecular weight excluding hydrogens is 286 g/mol. The Balaban J connectivity index is 2.02. The van der Waals surface area contributed by atoms with E-state index in [1.165, 1.54) is 6.42 Å². The summed E-state index contributed by atoms with van der Waals surface area (Å²) in [5, 5.41) is 4.14. The summed E-state index contributed by atoms with van der Waals surface area (Å²) in [4.78, 5) is 0. The molecule has 1 fully saturated rings. The second-order valence-corrected chi connectivity index (χ2v) is 6.07. The fourth-order valence-corrected chi connectivity index (χ4v) is 3.10. The monoisotopic (exact) mass is 311 g/mol. The Labute approximate surface area is 133 Å². The van der Waals surface area contributed by atoms with Gasteiger partial charge in [0.1, 0.15) is 0 Å². The average molecular weight is 312 g/mol. The lowest BCUT2D eigenvalue weighted by Gasteiger charge is -2.31. The maximum Gasteiger partial charge on any atom is 0.0953 e. The fourth-order valence-electron chi connectivity index (χ4n) is 2.90. The first kappa shape index (κ1) is 16.8. The van der Waals surface area contributed by atoms with E-state index in [1.54, 1.807) is 7.11 Å². The zero-order chi connectivity index (χ0) is 15.1. The van der Waals surface area contributed by atoms with Gasteiger partial charge in [0.25, 0.3) is 0 Å². The molecule has 3 unspecified atom stereocenters. The molecule has 1 N–H and O–H groups in total. The highest BCUT2D eigenvalue weighted by Gasteiger charge is 2.25. The number of halogens is 1. The summed E-state index contributed by atoms with van der Waals surface area (Å²) < 4.78 is 11.9. The van der Waals surface area contributed by atoms with Gasteiger partial charge >= 0.3 is 0 Å². The minimum Gasteiger partial charge on any atom is -0.381 e. The van der Waals surface area contributed by atoms with Gasteiger partial charge in [0.15, 0.2) is 0 Å². The molecule has 3 atom stereocenters. The van der Waals surface area contributed by atoms with Crippen LogP contribution in [0.25, 0.3) is 0 Å². The van der Waals surface area contributed by atoms with Gasteiger partial charge in [-0.25, -0.2) is 0 Å². The molecule has 0 amide bonds. The Bertz CT molecular complexity index is 427. The van der Waals surface area contributed by atoms with E-state index in [0.29, 0.717) is 6.10 Å². The molecule has 0 heterocycles. The van der Waals surface area contributed by atoms with E-state index in [0.717, 1.165) is 42.9 Å². The Kier molecular flexibility index (Phi) is 6.97. The van der Waals surface area contributed by atoms with Crippen molar-refractivity contribution in [3.63, 3.8) is 0 Å². The van der Waals surface area contributed by atoms with E-state index in [4.69, 9.17) is 21.1 Å². The van der Waals surface area contributed by atoms with Crippen molar-refractivity contribution in [3.8, 4) is 0 Å². The number of nitrogens with one attached hydrogen (secondary N) is 1. The minimum atomic E-state index is 0.0456. The Morgan fingerprint density at radius 3 is 2.86 bits per heavy atom. The van der Waals surface area contributed by atoms with Crippen molar-refractivity contribution in [1.82, 2.24) is 5.32 Å². The molecule has 1 aliphatic rings. The molecule has 4 heteroatoms. The van der Waals surface area contributed by atoms with E-state index in [1.807, 2.05) is 18.2 Å². The number of benzene rings is 1. The zero-order valence-corrected chi connectivity index (χ0v) is 13.7. The fraction of sp³-hybridized carbons (Fsp3) is 0.647. The molecule has 0 aliphatic heterocycles. The van der Waals surface area contributed by atoms with E-state index in [2.05, 4.69) is 18.3 Å². The van der Waals surface area contributed by atoms with Crippen molar-refractivity contribution < 1.29 is 9.47 Å². The summed E-state index contributed by atoms with van der Waals surface area (Å²) >= 11 is 6.12. The summed E-state index contributed by atoms with van der Waals surface area (Å²) in [7, 11) is 1.79. The highest BCUT2D eigenvalue weighted by Crippen LogP contribution is 2.29. The van der Waals surface area contributed by atoms with E-state index >= 15 is 0 Å². The lowest BCUT2D eigenvalue weighted by molar-refractivity contribution is -0.0655. The van der Waals surface area contributed by atoms with Gasteiger partial charge in [-0.1, -0.05) is 30.7 Å². The molecular formula is C17H26ClNO2. The molecule has 0 radical (unpaired) electrons. The van der Waals surface area contributed by atoms with Crippen molar-refractivity contribution >= 4 is 11.6 Å². The molecule has 0 aromatic heterocycles. The quantitative estimate of drug-likeness (QED) is 0.826. The first-order chi connectivity index (χ1) is 10.2. The second kappa shape index (κ2) is 8.74. The summed E-state index contributed by atoms with van der Waals surface area (Å²) in [6.45, 7) is 3.85. The van der Waals surface area contributed by atoms with Gasteiger partial charge in [-0.2, -0.15) is 0 Å². The van der Waals surface area contributed by atoms with Crippen molar-refractivity contribution in [2.24, 2.45) is 0 Å². The first-order valence-electron chi connectivity index (χ1n) is 7.87. The molecule has 1 aromatic carbocycles. The van der Waals surface area contributed by atoms with Crippen molar-refractivity contribution in [2.75, 3.05) is 20.2 Å². The maximum atomic E-state index is 6.37. The van der Waals surface area contributed by atoms with Crippen molar-refractivity contribution in [1.29, 1.82) is 0 Å². The Hall–Kier alpha value is -0.610. The van der Waals surface area contributed by atoms with Gasteiger partial charge < -0.3 is 14.8 Å². The third kappa shape index (κ3) is 5.26. The number of likely N-dealkylation sites (N-methyl/N-ethyl adjacent to an activating group) is 1. The summed E-state index contributed by atoms with van der Waals surface area (Å²) in [5.74, 6) is 0. The predicted octanol–water partition coefficient (Wildman–Crippen LogP) is 3.96. The molecule has 0 bridgehead atoms. The van der Waals surface area contributed by atoms with E-state index in [-0.39, 0.29) is 12.2 Å².